The van der Waals surface area contributed by atoms with Gasteiger partial charge in [0.1, 0.15) is 6.61 Å². The highest BCUT2D eigenvalue weighted by molar-refractivity contribution is 8.04. The normalized spacial score (nSPS) is 19.9. The van der Waals surface area contributed by atoms with Gasteiger partial charge in [-0.25, -0.2) is 0 Å². The minimum absolute atomic E-state index is 0.0116. The fourth-order valence-corrected chi connectivity index (χ4v) is 2.38. The summed E-state index contributed by atoms with van der Waals surface area (Å²) < 4.78 is 5.26. The number of carbonyl (C=O) groups is 2. The first-order valence-corrected chi connectivity index (χ1v) is 7.29. The zero-order valence-electron chi connectivity index (χ0n) is 11.1. The Morgan fingerprint density at radius 2 is 1.70 bits per heavy atom. The summed E-state index contributed by atoms with van der Waals surface area (Å²) >= 11 is 1.10. The molecule has 0 unspecified atom stereocenters. The van der Waals surface area contributed by atoms with Crippen molar-refractivity contribution in [3.8, 4) is 0 Å². The molecule has 0 heterocycles. The van der Waals surface area contributed by atoms with Gasteiger partial charge in [-0.2, -0.15) is 0 Å². The Hall–Kier alpha value is -1.37. The topological polar surface area (TPSA) is 83.8 Å². The van der Waals surface area contributed by atoms with E-state index in [-0.39, 0.29) is 54.9 Å². The fraction of sp³-hybridized carbons (Fsp3) is 0.429. The van der Waals surface area contributed by atoms with Crippen molar-refractivity contribution in [2.75, 3.05) is 25.6 Å². The first-order chi connectivity index (χ1) is 9.70. The molecular weight excluding hydrogens is 280 g/mol. The van der Waals surface area contributed by atoms with Crippen LogP contribution < -0.4 is 0 Å². The lowest BCUT2D eigenvalue weighted by Crippen LogP contribution is -2.15. The molecule has 0 aromatic rings. The van der Waals surface area contributed by atoms with E-state index >= 15 is 0 Å². The highest BCUT2D eigenvalue weighted by atomic mass is 32.2. The molecule has 1 aliphatic rings. The van der Waals surface area contributed by atoms with Gasteiger partial charge in [0.15, 0.2) is 11.5 Å². The van der Waals surface area contributed by atoms with E-state index in [0.717, 1.165) is 11.8 Å². The molecule has 110 valence electrons. The average Bonchev–Trinajstić information content (AvgIpc) is 2.45. The van der Waals surface area contributed by atoms with Gasteiger partial charge in [0.25, 0.3) is 0 Å². The van der Waals surface area contributed by atoms with Gasteiger partial charge in [-0.15, -0.1) is 11.8 Å². The van der Waals surface area contributed by atoms with Crippen molar-refractivity contribution in [1.82, 2.24) is 0 Å². The summed E-state index contributed by atoms with van der Waals surface area (Å²) in [6.45, 7) is -0.381. The van der Waals surface area contributed by atoms with Crippen molar-refractivity contribution >= 4 is 23.3 Å². The summed E-state index contributed by atoms with van der Waals surface area (Å²) in [6.07, 6.45) is 7.11. The molecule has 0 bridgehead atoms. The summed E-state index contributed by atoms with van der Waals surface area (Å²) in [5.74, 6) is -0.239. The van der Waals surface area contributed by atoms with Gasteiger partial charge in [0, 0.05) is 18.6 Å². The molecule has 2 N–H and O–H groups in total. The highest BCUT2D eigenvalue weighted by Crippen LogP contribution is 2.25. The zero-order valence-corrected chi connectivity index (χ0v) is 11.9. The number of aliphatic hydroxyl groups is 2. The van der Waals surface area contributed by atoms with Crippen molar-refractivity contribution in [3.63, 3.8) is 0 Å². The van der Waals surface area contributed by atoms with Crippen molar-refractivity contribution < 1.29 is 24.5 Å². The standard InChI is InChI=1S/C14H18O5S/c15-7-9-19-13-11(17)5-3-1-2-4-6-12(18)14(13)20-10-8-16/h1-4,15-16H,5-10H2/b3-1-,4-2-,14-13?. The van der Waals surface area contributed by atoms with Crippen LogP contribution in [0.4, 0.5) is 0 Å². The molecule has 1 rings (SSSR count). The molecule has 0 fully saturated rings. The smallest absolute Gasteiger partial charge is 0.202 e. The Labute approximate surface area is 122 Å². The van der Waals surface area contributed by atoms with E-state index in [9.17, 15) is 9.59 Å². The Morgan fingerprint density at radius 3 is 2.30 bits per heavy atom. The Kier molecular flexibility index (Phi) is 7.94. The third-order valence-electron chi connectivity index (χ3n) is 2.38. The van der Waals surface area contributed by atoms with E-state index in [1.807, 2.05) is 0 Å². The van der Waals surface area contributed by atoms with Crippen molar-refractivity contribution in [2.45, 2.75) is 12.8 Å². The molecule has 0 amide bonds. The summed E-state index contributed by atoms with van der Waals surface area (Å²) in [7, 11) is 0. The molecule has 0 saturated carbocycles. The van der Waals surface area contributed by atoms with E-state index in [1.54, 1.807) is 24.3 Å². The van der Waals surface area contributed by atoms with Crippen molar-refractivity contribution in [1.29, 1.82) is 0 Å². The maximum atomic E-state index is 12.1. The van der Waals surface area contributed by atoms with E-state index in [4.69, 9.17) is 14.9 Å². The van der Waals surface area contributed by atoms with Gasteiger partial charge < -0.3 is 14.9 Å². The number of carbonyl (C=O) groups excluding carboxylic acids is 2. The first-order valence-electron chi connectivity index (χ1n) is 6.30. The molecule has 0 spiro atoms. The van der Waals surface area contributed by atoms with Crippen molar-refractivity contribution in [3.05, 3.63) is 35.0 Å². The van der Waals surface area contributed by atoms with Crippen LogP contribution in [0.5, 0.6) is 0 Å². The number of thioether (sulfide) groups is 1. The largest absolute Gasteiger partial charge is 0.486 e. The molecule has 0 aromatic heterocycles. The maximum absolute atomic E-state index is 12.1. The van der Waals surface area contributed by atoms with Gasteiger partial charge in [0.05, 0.1) is 18.1 Å². The molecule has 1 aliphatic carbocycles. The average molecular weight is 298 g/mol. The SMILES string of the molecule is O=C1C/C=C\C=C/CC(=O)C(SCCO)=C1OCCO. The molecule has 5 nitrogen and oxygen atoms in total. The second kappa shape index (κ2) is 9.52. The molecule has 0 atom stereocenters. The van der Waals surface area contributed by atoms with Crippen LogP contribution in [0.3, 0.4) is 0 Å². The number of hydrogen-bond acceptors (Lipinski definition) is 6. The molecule has 6 heteroatoms. The van der Waals surface area contributed by atoms with Crippen LogP contribution in [0, 0.1) is 0 Å². The highest BCUT2D eigenvalue weighted by Gasteiger charge is 2.22. The van der Waals surface area contributed by atoms with E-state index in [1.165, 1.54) is 0 Å². The molecule has 20 heavy (non-hydrogen) atoms. The number of Topliss-reactive ketones (excluding diaryl/α,β-unsaturated/α-hetero) is 2. The van der Waals surface area contributed by atoms with Crippen LogP contribution in [0.25, 0.3) is 0 Å². The minimum atomic E-state index is -0.307. The minimum Gasteiger partial charge on any atom is -0.486 e. The predicted octanol–water partition coefficient (Wildman–Crippen LogP) is 0.977. The van der Waals surface area contributed by atoms with Gasteiger partial charge >= 0.3 is 0 Å². The van der Waals surface area contributed by atoms with Gasteiger partial charge in [-0.3, -0.25) is 9.59 Å². The number of rotatable bonds is 6. The predicted molar refractivity (Wildman–Crippen MR) is 77.1 cm³/mol. The second-order valence-electron chi connectivity index (χ2n) is 3.91. The van der Waals surface area contributed by atoms with Crippen LogP contribution in [-0.4, -0.2) is 47.4 Å². The quantitative estimate of drug-likeness (QED) is 0.760. The Morgan fingerprint density at radius 1 is 1.05 bits per heavy atom. The van der Waals surface area contributed by atoms with Crippen LogP contribution >= 0.6 is 11.8 Å². The van der Waals surface area contributed by atoms with Crippen LogP contribution in [-0.2, 0) is 14.3 Å². The summed E-state index contributed by atoms with van der Waals surface area (Å²) in [6, 6.07) is 0. The number of hydrogen-bond donors (Lipinski definition) is 2. The lowest BCUT2D eigenvalue weighted by Gasteiger charge is -2.13. The van der Waals surface area contributed by atoms with Gasteiger partial charge in [0.2, 0.25) is 5.78 Å². The first kappa shape index (κ1) is 16.7. The molecule has 0 radical (unpaired) electrons. The number of ether oxygens (including phenoxy) is 1. The van der Waals surface area contributed by atoms with Crippen LogP contribution in [0.15, 0.2) is 35.0 Å². The third kappa shape index (κ3) is 5.32. The lowest BCUT2D eigenvalue weighted by atomic mass is 10.1. The van der Waals surface area contributed by atoms with Gasteiger partial charge in [-0.1, -0.05) is 24.3 Å². The van der Waals surface area contributed by atoms with Crippen LogP contribution in [0.1, 0.15) is 12.8 Å². The molecule has 0 aromatic carbocycles. The fourth-order valence-electron chi connectivity index (χ4n) is 1.53. The maximum Gasteiger partial charge on any atom is 0.202 e. The van der Waals surface area contributed by atoms with E-state index in [0.29, 0.717) is 5.75 Å². The summed E-state index contributed by atoms with van der Waals surface area (Å²) in [5.41, 5.74) is 0. The third-order valence-corrected chi connectivity index (χ3v) is 3.47. The van der Waals surface area contributed by atoms with Gasteiger partial charge in [-0.05, 0) is 0 Å². The van der Waals surface area contributed by atoms with Crippen molar-refractivity contribution in [2.24, 2.45) is 0 Å². The summed E-state index contributed by atoms with van der Waals surface area (Å²) in [5, 5.41) is 17.7. The van der Waals surface area contributed by atoms with E-state index < -0.39 is 0 Å². The number of ketones is 2. The zero-order chi connectivity index (χ0) is 14.8. The molecular formula is C14H18O5S. The molecule has 0 saturated heterocycles. The second-order valence-corrected chi connectivity index (χ2v) is 5.02. The lowest BCUT2D eigenvalue weighted by molar-refractivity contribution is -0.120. The summed E-state index contributed by atoms with van der Waals surface area (Å²) in [4.78, 5) is 24.4. The Bertz CT molecular complexity index is 397. The van der Waals surface area contributed by atoms with E-state index in [2.05, 4.69) is 0 Å². The number of allylic oxidation sites excluding steroid dienone is 6. The monoisotopic (exact) mass is 298 g/mol. The Balaban J connectivity index is 3.10. The van der Waals surface area contributed by atoms with Crippen LogP contribution in [0.2, 0.25) is 0 Å². The molecule has 0 aliphatic heterocycles. The number of aliphatic hydroxyl groups excluding tert-OH is 2.